The molecule has 1 fully saturated rings. The summed E-state index contributed by atoms with van der Waals surface area (Å²) in [6, 6.07) is 4.60. The van der Waals surface area contributed by atoms with Crippen molar-refractivity contribution in [2.75, 3.05) is 18.0 Å². The van der Waals surface area contributed by atoms with Crippen LogP contribution in [-0.2, 0) is 9.59 Å². The molecule has 3 rings (SSSR count). The number of fused-ring (bicyclic) bond motifs is 1. The smallest absolute Gasteiger partial charge is 0.229 e. The highest BCUT2D eigenvalue weighted by Gasteiger charge is 2.37. The lowest BCUT2D eigenvalue weighted by molar-refractivity contribution is -0.126. The van der Waals surface area contributed by atoms with Crippen LogP contribution in [0.2, 0.25) is 0 Å². The first kappa shape index (κ1) is 14.5. The molecule has 0 radical (unpaired) electrons. The number of rotatable bonds is 4. The van der Waals surface area contributed by atoms with Gasteiger partial charge in [-0.2, -0.15) is 5.10 Å². The second kappa shape index (κ2) is 5.75. The molecule has 0 unspecified atom stereocenters. The average molecular weight is 304 g/mol. The van der Waals surface area contributed by atoms with Gasteiger partial charge in [-0.3, -0.25) is 19.6 Å². The minimum absolute atomic E-state index is 0.123. The Morgan fingerprint density at radius 2 is 2.36 bits per heavy atom. The lowest BCUT2D eigenvalue weighted by atomic mass is 10.1. The number of carbonyl (C=O) groups is 2. The molecule has 1 aromatic carbocycles. The minimum Gasteiger partial charge on any atom is -0.356 e. The molecule has 116 valence electrons. The molecule has 6 nitrogen and oxygen atoms in total. The Balaban J connectivity index is 1.86. The van der Waals surface area contributed by atoms with Crippen LogP contribution < -0.4 is 10.2 Å². The molecule has 0 saturated carbocycles. The van der Waals surface area contributed by atoms with Crippen LogP contribution in [0.15, 0.2) is 18.2 Å². The summed E-state index contributed by atoms with van der Waals surface area (Å²) >= 11 is 0. The fourth-order valence-electron chi connectivity index (χ4n) is 2.69. The number of hydrogen-bond acceptors (Lipinski definition) is 3. The maximum atomic E-state index is 14.0. The van der Waals surface area contributed by atoms with Gasteiger partial charge in [0.25, 0.3) is 0 Å². The van der Waals surface area contributed by atoms with Crippen LogP contribution in [0.25, 0.3) is 10.9 Å². The van der Waals surface area contributed by atoms with Gasteiger partial charge >= 0.3 is 0 Å². The lowest BCUT2D eigenvalue weighted by Crippen LogP contribution is -2.33. The van der Waals surface area contributed by atoms with E-state index >= 15 is 0 Å². The number of hydrogen-bond donors (Lipinski definition) is 2. The number of nitrogens with one attached hydrogen (secondary N) is 2. The van der Waals surface area contributed by atoms with E-state index in [0.717, 1.165) is 6.42 Å². The summed E-state index contributed by atoms with van der Waals surface area (Å²) in [4.78, 5) is 25.6. The second-order valence-corrected chi connectivity index (χ2v) is 5.41. The maximum Gasteiger partial charge on any atom is 0.229 e. The van der Waals surface area contributed by atoms with Gasteiger partial charge in [-0.05, 0) is 18.6 Å². The van der Waals surface area contributed by atoms with E-state index in [2.05, 4.69) is 15.5 Å². The van der Waals surface area contributed by atoms with Crippen molar-refractivity contribution >= 4 is 28.5 Å². The monoisotopic (exact) mass is 304 g/mol. The van der Waals surface area contributed by atoms with E-state index in [1.165, 1.54) is 11.0 Å². The number of anilines is 1. The van der Waals surface area contributed by atoms with E-state index in [1.807, 2.05) is 6.92 Å². The summed E-state index contributed by atoms with van der Waals surface area (Å²) in [5.74, 6) is -0.958. The summed E-state index contributed by atoms with van der Waals surface area (Å²) in [7, 11) is 0. The zero-order valence-electron chi connectivity index (χ0n) is 12.2. The standard InChI is InChI=1S/C15H17FN4O2/c1-2-6-17-15(22)9-7-12(21)20(8-9)14-13-10(16)4-3-5-11(13)18-19-14/h3-5,9H,2,6-8H2,1H3,(H,17,22)(H,18,19)/t9-/m1/s1. The first-order valence-corrected chi connectivity index (χ1v) is 7.32. The van der Waals surface area contributed by atoms with Gasteiger partial charge in [0.2, 0.25) is 11.8 Å². The van der Waals surface area contributed by atoms with Gasteiger partial charge in [0.1, 0.15) is 5.82 Å². The summed E-state index contributed by atoms with van der Waals surface area (Å²) in [6.07, 6.45) is 0.962. The van der Waals surface area contributed by atoms with Crippen LogP contribution in [0.3, 0.4) is 0 Å². The van der Waals surface area contributed by atoms with Crippen LogP contribution in [0.1, 0.15) is 19.8 Å². The first-order valence-electron chi connectivity index (χ1n) is 7.32. The highest BCUT2D eigenvalue weighted by Crippen LogP contribution is 2.31. The summed E-state index contributed by atoms with van der Waals surface area (Å²) in [6.45, 7) is 2.77. The van der Waals surface area contributed by atoms with Crippen molar-refractivity contribution in [2.24, 2.45) is 5.92 Å². The van der Waals surface area contributed by atoms with Crippen molar-refractivity contribution in [3.63, 3.8) is 0 Å². The zero-order valence-corrected chi connectivity index (χ0v) is 12.2. The van der Waals surface area contributed by atoms with Crippen molar-refractivity contribution in [1.82, 2.24) is 15.5 Å². The minimum atomic E-state index is -0.437. The highest BCUT2D eigenvalue weighted by atomic mass is 19.1. The predicted molar refractivity (Wildman–Crippen MR) is 79.8 cm³/mol. The van der Waals surface area contributed by atoms with Gasteiger partial charge in [0, 0.05) is 19.5 Å². The molecule has 7 heteroatoms. The largest absolute Gasteiger partial charge is 0.356 e. The molecule has 0 aliphatic carbocycles. The van der Waals surface area contributed by atoms with E-state index in [1.54, 1.807) is 12.1 Å². The van der Waals surface area contributed by atoms with E-state index < -0.39 is 11.7 Å². The molecule has 1 atom stereocenters. The Kier molecular flexibility index (Phi) is 3.79. The molecule has 0 bridgehead atoms. The van der Waals surface area contributed by atoms with E-state index in [9.17, 15) is 14.0 Å². The predicted octanol–water partition coefficient (Wildman–Crippen LogP) is 1.58. The van der Waals surface area contributed by atoms with E-state index in [4.69, 9.17) is 0 Å². The topological polar surface area (TPSA) is 78.1 Å². The van der Waals surface area contributed by atoms with Gasteiger partial charge in [-0.1, -0.05) is 13.0 Å². The molecule has 1 aliphatic rings. The van der Waals surface area contributed by atoms with Crippen LogP contribution >= 0.6 is 0 Å². The van der Waals surface area contributed by atoms with E-state index in [0.29, 0.717) is 12.1 Å². The van der Waals surface area contributed by atoms with Crippen molar-refractivity contribution in [3.8, 4) is 0 Å². The number of halogens is 1. The zero-order chi connectivity index (χ0) is 15.7. The van der Waals surface area contributed by atoms with Crippen LogP contribution in [0, 0.1) is 11.7 Å². The Morgan fingerprint density at radius 1 is 1.55 bits per heavy atom. The second-order valence-electron chi connectivity index (χ2n) is 5.41. The number of nitrogens with zero attached hydrogens (tertiary/aromatic N) is 2. The SMILES string of the molecule is CCCNC(=O)[C@@H]1CC(=O)N(c2n[nH]c3cccc(F)c23)C1. The van der Waals surface area contributed by atoms with Gasteiger partial charge in [-0.15, -0.1) is 0 Å². The van der Waals surface area contributed by atoms with Gasteiger partial charge in [0.05, 0.1) is 16.8 Å². The van der Waals surface area contributed by atoms with Crippen molar-refractivity contribution in [1.29, 1.82) is 0 Å². The normalized spacial score (nSPS) is 18.2. The lowest BCUT2D eigenvalue weighted by Gasteiger charge is -2.14. The third kappa shape index (κ3) is 2.43. The summed E-state index contributed by atoms with van der Waals surface area (Å²) < 4.78 is 14.0. The summed E-state index contributed by atoms with van der Waals surface area (Å²) in [5.41, 5.74) is 0.529. The molecule has 2 N–H and O–H groups in total. The molecular formula is C15H17FN4O2. The van der Waals surface area contributed by atoms with Gasteiger partial charge in [-0.25, -0.2) is 4.39 Å². The number of aromatic amines is 1. The average Bonchev–Trinajstić information content (AvgIpc) is 3.09. The molecule has 2 aromatic rings. The number of benzene rings is 1. The fraction of sp³-hybridized carbons (Fsp3) is 0.400. The fourth-order valence-corrected chi connectivity index (χ4v) is 2.69. The molecule has 22 heavy (non-hydrogen) atoms. The molecule has 0 spiro atoms. The number of amides is 2. The van der Waals surface area contributed by atoms with Crippen molar-refractivity contribution in [3.05, 3.63) is 24.0 Å². The van der Waals surface area contributed by atoms with Crippen molar-refractivity contribution < 1.29 is 14.0 Å². The molecule has 2 heterocycles. The third-order valence-corrected chi connectivity index (χ3v) is 3.82. The van der Waals surface area contributed by atoms with Gasteiger partial charge < -0.3 is 5.32 Å². The Hall–Kier alpha value is -2.44. The third-order valence-electron chi connectivity index (χ3n) is 3.82. The Labute approximate surface area is 126 Å². The molecule has 1 aromatic heterocycles. The quantitative estimate of drug-likeness (QED) is 0.900. The molecule has 2 amide bonds. The highest BCUT2D eigenvalue weighted by molar-refractivity contribution is 6.05. The number of carbonyl (C=O) groups excluding carboxylic acids is 2. The van der Waals surface area contributed by atoms with Crippen LogP contribution in [-0.4, -0.2) is 35.1 Å². The number of H-pyrrole nitrogens is 1. The summed E-state index contributed by atoms with van der Waals surface area (Å²) in [5, 5.41) is 9.85. The first-order chi connectivity index (χ1) is 10.6. The van der Waals surface area contributed by atoms with Crippen LogP contribution in [0.5, 0.6) is 0 Å². The number of aromatic nitrogens is 2. The Morgan fingerprint density at radius 3 is 3.14 bits per heavy atom. The molecule has 1 aliphatic heterocycles. The van der Waals surface area contributed by atoms with Crippen LogP contribution in [0.4, 0.5) is 10.2 Å². The van der Waals surface area contributed by atoms with E-state index in [-0.39, 0.29) is 36.0 Å². The van der Waals surface area contributed by atoms with Gasteiger partial charge in [0.15, 0.2) is 5.82 Å². The molecule has 1 saturated heterocycles. The Bertz CT molecular complexity index is 727. The maximum absolute atomic E-state index is 14.0. The van der Waals surface area contributed by atoms with Crippen molar-refractivity contribution in [2.45, 2.75) is 19.8 Å². The molecular weight excluding hydrogens is 287 g/mol.